The van der Waals surface area contributed by atoms with Gasteiger partial charge in [0.1, 0.15) is 0 Å². The van der Waals surface area contributed by atoms with Crippen molar-refractivity contribution in [2.45, 2.75) is 26.2 Å². The van der Waals surface area contributed by atoms with Gasteiger partial charge in [-0.3, -0.25) is 0 Å². The predicted octanol–water partition coefficient (Wildman–Crippen LogP) is 2.55. The first-order valence-electron chi connectivity index (χ1n) is 3.37. The molecule has 51 valence electrons. The molecule has 0 spiro atoms. The van der Waals surface area contributed by atoms with E-state index in [0.29, 0.717) is 0 Å². The van der Waals surface area contributed by atoms with E-state index in [1.165, 1.54) is 19.3 Å². The van der Waals surface area contributed by atoms with Crippen molar-refractivity contribution < 1.29 is 37.9 Å². The average molecular weight is 264 g/mol. The molecule has 0 saturated heterocycles. The normalized spacial score (nSPS) is 17.6. The average Bonchev–Trinajstić information content (AvgIpc) is 2.18. The fourth-order valence-corrected chi connectivity index (χ4v) is 1.75. The molecule has 0 bridgehead atoms. The van der Waals surface area contributed by atoms with Gasteiger partial charge in [-0.1, -0.05) is 0 Å². The van der Waals surface area contributed by atoms with Crippen LogP contribution in [0.4, 0.5) is 0 Å². The van der Waals surface area contributed by atoms with Crippen molar-refractivity contribution in [2.24, 2.45) is 0 Å². The summed E-state index contributed by atoms with van der Waals surface area (Å²) in [4.78, 5) is 0. The Hall–Kier alpha value is 0.805. The molecule has 1 aliphatic rings. The fourth-order valence-electron chi connectivity index (χ4n) is 1.01. The first kappa shape index (κ1) is 7.91. The third-order valence-electron chi connectivity index (χ3n) is 1.47. The number of allylic oxidation sites excluding steroid dienone is 4. The van der Waals surface area contributed by atoms with Crippen LogP contribution in [0.25, 0.3) is 0 Å². The molecule has 1 rings (SSSR count). The first-order chi connectivity index (χ1) is 4.34. The van der Waals surface area contributed by atoms with Gasteiger partial charge in [0.05, 0.1) is 0 Å². The molecule has 0 nitrogen and oxygen atoms in total. The van der Waals surface area contributed by atoms with Crippen LogP contribution in [0.1, 0.15) is 26.2 Å². The number of rotatable bonds is 2. The third-order valence-corrected chi connectivity index (χ3v) is 2.66. The first-order valence-corrected chi connectivity index (χ1v) is 4.51. The Bertz CT molecular complexity index is 154. The summed E-state index contributed by atoms with van der Waals surface area (Å²) in [7, 11) is 0. The minimum atomic E-state index is 1.20. The molecule has 0 amide bonds. The zero-order valence-electron chi connectivity index (χ0n) is 5.63. The van der Waals surface area contributed by atoms with Gasteiger partial charge in [0.15, 0.2) is 0 Å². The van der Waals surface area contributed by atoms with Crippen LogP contribution in [-0.2, 0) is 0 Å². The van der Waals surface area contributed by atoms with Crippen molar-refractivity contribution in [2.75, 3.05) is 0 Å². The van der Waals surface area contributed by atoms with Gasteiger partial charge in [0, 0.05) is 0 Å². The van der Waals surface area contributed by atoms with Crippen LogP contribution in [0.3, 0.4) is 0 Å². The van der Waals surface area contributed by atoms with Gasteiger partial charge in [-0.15, -0.1) is 0 Å². The summed E-state index contributed by atoms with van der Waals surface area (Å²) in [6.45, 7) is 2.23. The van der Waals surface area contributed by atoms with Crippen molar-refractivity contribution in [1.29, 1.82) is 0 Å². The van der Waals surface area contributed by atoms with Gasteiger partial charge < -0.3 is 0 Å². The van der Waals surface area contributed by atoms with Crippen LogP contribution in [-0.4, -0.2) is 0 Å². The fraction of sp³-hybridized carbons (Fsp3) is 0.500. The monoisotopic (exact) mass is 265 g/mol. The third kappa shape index (κ3) is 2.14. The molecule has 0 heterocycles. The van der Waals surface area contributed by atoms with Crippen LogP contribution in [0, 0.1) is 37.9 Å². The topological polar surface area (TPSA) is 0 Å². The molecule has 0 aliphatic heterocycles. The summed E-state index contributed by atoms with van der Waals surface area (Å²) >= 11 is 2.04. The van der Waals surface area contributed by atoms with Gasteiger partial charge in [0.25, 0.3) is 0 Å². The van der Waals surface area contributed by atoms with E-state index in [2.05, 4.69) is 19.1 Å². The van der Waals surface area contributed by atoms with E-state index in [-0.39, 0.29) is 0 Å². The van der Waals surface area contributed by atoms with Crippen molar-refractivity contribution in [3.8, 4) is 0 Å². The summed E-state index contributed by atoms with van der Waals surface area (Å²) in [5.41, 5.74) is 1.58. The quantitative estimate of drug-likeness (QED) is 0.719. The molecule has 0 radical (unpaired) electrons. The van der Waals surface area contributed by atoms with Crippen LogP contribution in [0.2, 0.25) is 0 Å². The maximum absolute atomic E-state index is 2.27. The minimum absolute atomic E-state index is 1.20. The Kier molecular flexibility index (Phi) is 3.38. The van der Waals surface area contributed by atoms with E-state index in [4.69, 9.17) is 0 Å². The summed E-state index contributed by atoms with van der Waals surface area (Å²) < 4.78 is 1.59. The van der Waals surface area contributed by atoms with Crippen LogP contribution >= 0.6 is 0 Å². The Morgan fingerprint density at radius 2 is 2.44 bits per heavy atom. The zero-order chi connectivity index (χ0) is 6.69. The Balaban J connectivity index is 2.54. The molecule has 0 aromatic heterocycles. The van der Waals surface area contributed by atoms with Crippen LogP contribution in [0.5, 0.6) is 0 Å². The van der Waals surface area contributed by atoms with Crippen LogP contribution < -0.4 is 0 Å². The summed E-state index contributed by atoms with van der Waals surface area (Å²) in [6.07, 6.45) is 8.28. The van der Waals surface area contributed by atoms with Crippen molar-refractivity contribution >= 4 is 0 Å². The summed E-state index contributed by atoms with van der Waals surface area (Å²) in [6, 6.07) is 0. The Labute approximate surface area is 82.3 Å². The summed E-state index contributed by atoms with van der Waals surface area (Å²) in [5.74, 6) is 0. The molecule has 1 aliphatic carbocycles. The second kappa shape index (κ2) is 3.85. The SMILES string of the molecule is CCCC1=[C]([Gd])CC=C1. The second-order valence-electron chi connectivity index (χ2n) is 2.27. The molecule has 0 aromatic carbocycles. The van der Waals surface area contributed by atoms with Gasteiger partial charge in [-0.25, -0.2) is 0 Å². The molecule has 0 unspecified atom stereocenters. The molecule has 0 atom stereocenters. The van der Waals surface area contributed by atoms with E-state index in [1.54, 1.807) is 6.93 Å². The number of hydrogen-bond donors (Lipinski definition) is 0. The molecule has 9 heavy (non-hydrogen) atoms. The van der Waals surface area contributed by atoms with Gasteiger partial charge >= 0.3 is 83.2 Å². The molecule has 0 saturated carbocycles. The molecular weight excluding hydrogens is 253 g/mol. The van der Waals surface area contributed by atoms with Gasteiger partial charge in [0.2, 0.25) is 0 Å². The van der Waals surface area contributed by atoms with E-state index in [1.807, 2.05) is 37.9 Å². The molecule has 0 fully saturated rings. The van der Waals surface area contributed by atoms with Crippen molar-refractivity contribution in [1.82, 2.24) is 0 Å². The summed E-state index contributed by atoms with van der Waals surface area (Å²) in [5, 5.41) is 0. The van der Waals surface area contributed by atoms with Gasteiger partial charge in [-0.2, -0.15) is 0 Å². The molecule has 0 N–H and O–H groups in total. The number of hydrogen-bond acceptors (Lipinski definition) is 0. The molecular formula is C8H11Gd. The van der Waals surface area contributed by atoms with Crippen LogP contribution in [0.15, 0.2) is 19.1 Å². The second-order valence-corrected chi connectivity index (χ2v) is 3.64. The van der Waals surface area contributed by atoms with E-state index in [0.717, 1.165) is 0 Å². The standard InChI is InChI=1S/C8H11.Gd/c1-2-5-8-6-3-4-7-8;/h3,6H,2,4-5H2,1H3;. The van der Waals surface area contributed by atoms with Crippen molar-refractivity contribution in [3.05, 3.63) is 19.1 Å². The maximum atomic E-state index is 2.27. The Morgan fingerprint density at radius 3 is 2.89 bits per heavy atom. The van der Waals surface area contributed by atoms with Gasteiger partial charge in [-0.05, 0) is 0 Å². The molecule has 0 aromatic rings. The van der Waals surface area contributed by atoms with Crippen molar-refractivity contribution in [3.63, 3.8) is 0 Å². The Morgan fingerprint density at radius 1 is 1.67 bits per heavy atom. The predicted molar refractivity (Wildman–Crippen MR) is 35.7 cm³/mol. The van der Waals surface area contributed by atoms with E-state index < -0.39 is 0 Å². The zero-order valence-corrected chi connectivity index (χ0v) is 7.90. The van der Waals surface area contributed by atoms with E-state index >= 15 is 0 Å². The van der Waals surface area contributed by atoms with E-state index in [9.17, 15) is 0 Å². The molecule has 1 heteroatoms.